The molecule has 0 atom stereocenters. The highest BCUT2D eigenvalue weighted by atomic mass is 19.4. The summed E-state index contributed by atoms with van der Waals surface area (Å²) in [5.41, 5.74) is -1.52. The van der Waals surface area contributed by atoms with E-state index in [0.717, 1.165) is 36.4 Å². The van der Waals surface area contributed by atoms with Crippen molar-refractivity contribution in [2.75, 3.05) is 32.1 Å². The summed E-state index contributed by atoms with van der Waals surface area (Å²) in [7, 11) is 3.51. The number of alkyl halides is 6. The molecule has 0 unspecified atom stereocenters. The SMILES string of the molecule is CN(C)CCN(C(=O)c1ccc(C(F)(F)F)cc1)c1ccc(C(F)(F)F)cc1. The van der Waals surface area contributed by atoms with Gasteiger partial charge in [0, 0.05) is 24.3 Å². The van der Waals surface area contributed by atoms with Gasteiger partial charge in [-0.15, -0.1) is 0 Å². The lowest BCUT2D eigenvalue weighted by Crippen LogP contribution is -2.36. The zero-order valence-electron chi connectivity index (χ0n) is 15.1. The normalized spacial score (nSPS) is 12.3. The van der Waals surface area contributed by atoms with Crippen molar-refractivity contribution in [2.24, 2.45) is 0 Å². The first-order chi connectivity index (χ1) is 12.9. The maximum Gasteiger partial charge on any atom is 0.416 e. The summed E-state index contributed by atoms with van der Waals surface area (Å²) < 4.78 is 76.3. The first-order valence-corrected chi connectivity index (χ1v) is 8.20. The molecule has 0 saturated heterocycles. The molecule has 0 fully saturated rings. The Morgan fingerprint density at radius 3 is 1.57 bits per heavy atom. The first kappa shape index (κ1) is 21.7. The molecule has 0 aliphatic heterocycles. The van der Waals surface area contributed by atoms with Gasteiger partial charge in [0.25, 0.3) is 5.91 Å². The molecule has 0 spiro atoms. The third-order valence-electron chi connectivity index (χ3n) is 3.98. The predicted octanol–water partition coefficient (Wildman–Crippen LogP) is 4.93. The van der Waals surface area contributed by atoms with Crippen molar-refractivity contribution in [3.8, 4) is 0 Å². The van der Waals surface area contributed by atoms with Crippen LogP contribution in [0.25, 0.3) is 0 Å². The number of carbonyl (C=O) groups excluding carboxylic acids is 1. The van der Waals surface area contributed by atoms with Gasteiger partial charge in [0.2, 0.25) is 0 Å². The average Bonchev–Trinajstić information content (AvgIpc) is 2.60. The number of hydrogen-bond acceptors (Lipinski definition) is 2. The summed E-state index contributed by atoms with van der Waals surface area (Å²) in [4.78, 5) is 15.8. The molecule has 2 aromatic carbocycles. The zero-order chi connectivity index (χ0) is 21.1. The third-order valence-corrected chi connectivity index (χ3v) is 3.98. The second kappa shape index (κ2) is 8.22. The lowest BCUT2D eigenvalue weighted by Gasteiger charge is -2.25. The van der Waals surface area contributed by atoms with Crippen molar-refractivity contribution in [1.82, 2.24) is 4.90 Å². The van der Waals surface area contributed by atoms with Crippen molar-refractivity contribution >= 4 is 11.6 Å². The van der Waals surface area contributed by atoms with Gasteiger partial charge in [-0.1, -0.05) is 0 Å². The van der Waals surface area contributed by atoms with Gasteiger partial charge in [-0.05, 0) is 62.6 Å². The lowest BCUT2D eigenvalue weighted by atomic mass is 10.1. The van der Waals surface area contributed by atoms with Gasteiger partial charge in [0.05, 0.1) is 11.1 Å². The summed E-state index contributed by atoms with van der Waals surface area (Å²) in [5, 5.41) is 0. The van der Waals surface area contributed by atoms with Gasteiger partial charge in [0.15, 0.2) is 0 Å². The molecule has 152 valence electrons. The van der Waals surface area contributed by atoms with Gasteiger partial charge in [-0.2, -0.15) is 26.3 Å². The molecule has 28 heavy (non-hydrogen) atoms. The minimum atomic E-state index is -4.53. The Morgan fingerprint density at radius 1 is 0.750 bits per heavy atom. The van der Waals surface area contributed by atoms with E-state index in [9.17, 15) is 31.1 Å². The van der Waals surface area contributed by atoms with E-state index in [4.69, 9.17) is 0 Å². The summed E-state index contributed by atoms with van der Waals surface area (Å²) in [6.07, 6.45) is -9.04. The molecule has 0 N–H and O–H groups in total. The summed E-state index contributed by atoms with van der Waals surface area (Å²) in [5.74, 6) is -0.602. The second-order valence-corrected chi connectivity index (χ2v) is 6.38. The van der Waals surface area contributed by atoms with Crippen LogP contribution in [-0.4, -0.2) is 38.0 Å². The Labute approximate surface area is 158 Å². The average molecular weight is 404 g/mol. The van der Waals surface area contributed by atoms with E-state index >= 15 is 0 Å². The van der Waals surface area contributed by atoms with Gasteiger partial charge in [-0.25, -0.2) is 0 Å². The Balaban J connectivity index is 2.33. The highest BCUT2D eigenvalue weighted by molar-refractivity contribution is 6.06. The zero-order valence-corrected chi connectivity index (χ0v) is 15.1. The van der Waals surface area contributed by atoms with Crippen LogP contribution in [0, 0.1) is 0 Å². The molecule has 0 bridgehead atoms. The van der Waals surface area contributed by atoms with Crippen LogP contribution in [0.15, 0.2) is 48.5 Å². The van der Waals surface area contributed by atoms with E-state index in [0.29, 0.717) is 6.54 Å². The van der Waals surface area contributed by atoms with E-state index < -0.39 is 29.4 Å². The van der Waals surface area contributed by atoms with E-state index in [2.05, 4.69) is 0 Å². The number of likely N-dealkylation sites (N-methyl/N-ethyl adjacent to an activating group) is 1. The molecule has 0 aliphatic rings. The molecule has 0 radical (unpaired) electrons. The number of hydrogen-bond donors (Lipinski definition) is 0. The molecule has 0 aromatic heterocycles. The molecule has 9 heteroatoms. The van der Waals surface area contributed by atoms with Crippen LogP contribution in [-0.2, 0) is 12.4 Å². The number of nitrogens with zero attached hydrogens (tertiary/aromatic N) is 2. The third kappa shape index (κ3) is 5.48. The molecule has 2 rings (SSSR count). The fourth-order valence-corrected chi connectivity index (χ4v) is 2.44. The Morgan fingerprint density at radius 2 is 1.18 bits per heavy atom. The van der Waals surface area contributed by atoms with Crippen molar-refractivity contribution in [2.45, 2.75) is 12.4 Å². The monoisotopic (exact) mass is 404 g/mol. The first-order valence-electron chi connectivity index (χ1n) is 8.20. The minimum Gasteiger partial charge on any atom is -0.308 e. The van der Waals surface area contributed by atoms with Crippen LogP contribution in [0.4, 0.5) is 32.0 Å². The summed E-state index contributed by atoms with van der Waals surface area (Å²) in [6, 6.07) is 7.75. The number of carbonyl (C=O) groups is 1. The van der Waals surface area contributed by atoms with Crippen molar-refractivity contribution < 1.29 is 31.1 Å². The lowest BCUT2D eigenvalue weighted by molar-refractivity contribution is -0.138. The largest absolute Gasteiger partial charge is 0.416 e. The highest BCUT2D eigenvalue weighted by Crippen LogP contribution is 2.31. The van der Waals surface area contributed by atoms with Crippen LogP contribution >= 0.6 is 0 Å². The van der Waals surface area contributed by atoms with Gasteiger partial charge >= 0.3 is 12.4 Å². The molecule has 3 nitrogen and oxygen atoms in total. The second-order valence-electron chi connectivity index (χ2n) is 6.38. The summed E-state index contributed by atoms with van der Waals surface area (Å²) >= 11 is 0. The number of benzene rings is 2. The maximum absolute atomic E-state index is 12.8. The van der Waals surface area contributed by atoms with Crippen molar-refractivity contribution in [3.63, 3.8) is 0 Å². The van der Waals surface area contributed by atoms with Crippen LogP contribution < -0.4 is 4.90 Å². The van der Waals surface area contributed by atoms with Gasteiger partial charge < -0.3 is 9.80 Å². The number of rotatable bonds is 5. The maximum atomic E-state index is 12.8. The molecule has 0 heterocycles. The molecular weight excluding hydrogens is 386 g/mol. The Kier molecular flexibility index (Phi) is 6.38. The molecule has 2 aromatic rings. The smallest absolute Gasteiger partial charge is 0.308 e. The van der Waals surface area contributed by atoms with Crippen molar-refractivity contribution in [1.29, 1.82) is 0 Å². The van der Waals surface area contributed by atoms with Crippen LogP contribution in [0.2, 0.25) is 0 Å². The Hall–Kier alpha value is -2.55. The predicted molar refractivity (Wildman–Crippen MR) is 93.1 cm³/mol. The van der Waals surface area contributed by atoms with Gasteiger partial charge in [-0.3, -0.25) is 4.79 Å². The van der Waals surface area contributed by atoms with Crippen LogP contribution in [0.5, 0.6) is 0 Å². The molecular formula is C19H18F6N2O. The van der Waals surface area contributed by atoms with Gasteiger partial charge in [0.1, 0.15) is 0 Å². The molecule has 0 saturated carbocycles. The van der Waals surface area contributed by atoms with E-state index in [1.54, 1.807) is 19.0 Å². The van der Waals surface area contributed by atoms with Crippen molar-refractivity contribution in [3.05, 3.63) is 65.2 Å². The van der Waals surface area contributed by atoms with E-state index in [1.807, 2.05) is 0 Å². The quantitative estimate of drug-likeness (QED) is 0.660. The van der Waals surface area contributed by atoms with E-state index in [1.165, 1.54) is 17.0 Å². The fourth-order valence-electron chi connectivity index (χ4n) is 2.44. The summed E-state index contributed by atoms with van der Waals surface area (Å²) in [6.45, 7) is 0.561. The van der Waals surface area contributed by atoms with E-state index in [-0.39, 0.29) is 17.8 Å². The topological polar surface area (TPSA) is 23.6 Å². The Bertz CT molecular complexity index is 795. The number of anilines is 1. The standard InChI is InChI=1S/C19H18F6N2O/c1-26(2)11-12-27(16-9-7-15(8-10-16)19(23,24)25)17(28)13-3-5-14(6-4-13)18(20,21)22/h3-10H,11-12H2,1-2H3. The van der Waals surface area contributed by atoms with Crippen LogP contribution in [0.1, 0.15) is 21.5 Å². The fraction of sp³-hybridized carbons (Fsp3) is 0.316. The highest BCUT2D eigenvalue weighted by Gasteiger charge is 2.31. The van der Waals surface area contributed by atoms with Crippen LogP contribution in [0.3, 0.4) is 0 Å². The minimum absolute atomic E-state index is 0.00616. The number of amides is 1. The number of halogens is 6. The molecule has 0 aliphatic carbocycles. The molecule has 1 amide bonds.